The molecule has 1 heterocycles. The highest BCUT2D eigenvalue weighted by molar-refractivity contribution is 6.28. The summed E-state index contributed by atoms with van der Waals surface area (Å²) in [5, 5.41) is 14.2. The topological polar surface area (TPSA) is 17.0 Å². The number of fused-ring (bicyclic) bond motifs is 9. The molecular weight excluding hydrogens is 436 g/mol. The molecule has 174 valence electrons. The van der Waals surface area contributed by atoms with E-state index in [4.69, 9.17) is 0 Å². The van der Waals surface area contributed by atoms with Gasteiger partial charge in [-0.15, -0.1) is 0 Å². The van der Waals surface area contributed by atoms with Gasteiger partial charge in [0.15, 0.2) is 0 Å². The van der Waals surface area contributed by atoms with Gasteiger partial charge in [0.1, 0.15) is 0 Å². The third-order valence-corrected chi connectivity index (χ3v) is 7.56. The molecule has 0 spiro atoms. The maximum absolute atomic E-state index is 3.65. The molecule has 0 fully saturated rings. The summed E-state index contributed by atoms with van der Waals surface area (Å²) < 4.78 is 2.45. The number of hydrogen-bond donors (Lipinski definition) is 1. The van der Waals surface area contributed by atoms with E-state index in [0.29, 0.717) is 0 Å². The quantitative estimate of drug-likeness (QED) is 0.258. The van der Waals surface area contributed by atoms with Crippen molar-refractivity contribution in [2.75, 3.05) is 5.32 Å². The SMILES string of the molecule is CCn1c2ccc(Nc3cc(C)cc(C)c3)cc2c2cc3c4ccccc4c4ccccc4c3cc21. The number of nitrogens with one attached hydrogen (secondary N) is 1. The maximum Gasteiger partial charge on any atom is 0.0497 e. The molecule has 36 heavy (non-hydrogen) atoms. The third-order valence-electron chi connectivity index (χ3n) is 7.56. The van der Waals surface area contributed by atoms with E-state index < -0.39 is 0 Å². The first-order valence-corrected chi connectivity index (χ1v) is 12.8. The number of aryl methyl sites for hydroxylation is 3. The molecule has 7 aromatic rings. The van der Waals surface area contributed by atoms with Crippen LogP contribution in [0, 0.1) is 13.8 Å². The summed E-state index contributed by atoms with van der Waals surface area (Å²) in [5.41, 5.74) is 7.37. The summed E-state index contributed by atoms with van der Waals surface area (Å²) in [6, 6.07) is 35.9. The van der Waals surface area contributed by atoms with E-state index in [9.17, 15) is 0 Å². The van der Waals surface area contributed by atoms with Gasteiger partial charge in [-0.1, -0.05) is 54.6 Å². The van der Waals surface area contributed by atoms with Crippen LogP contribution >= 0.6 is 0 Å². The van der Waals surface area contributed by atoms with Gasteiger partial charge < -0.3 is 9.88 Å². The first kappa shape index (κ1) is 21.0. The fourth-order valence-corrected chi connectivity index (χ4v) is 6.13. The Hall–Kier alpha value is -4.30. The molecule has 0 amide bonds. The molecule has 0 aliphatic heterocycles. The molecule has 1 N–H and O–H groups in total. The van der Waals surface area contributed by atoms with Gasteiger partial charge in [0, 0.05) is 39.7 Å². The smallest absolute Gasteiger partial charge is 0.0497 e. The number of benzene rings is 6. The van der Waals surface area contributed by atoms with Crippen LogP contribution in [0.25, 0.3) is 54.1 Å². The molecule has 0 aliphatic carbocycles. The summed E-state index contributed by atoms with van der Waals surface area (Å²) in [6.07, 6.45) is 0. The zero-order valence-electron chi connectivity index (χ0n) is 20.9. The van der Waals surface area contributed by atoms with Gasteiger partial charge in [0.05, 0.1) is 0 Å². The van der Waals surface area contributed by atoms with Gasteiger partial charge in [-0.25, -0.2) is 0 Å². The van der Waals surface area contributed by atoms with Crippen molar-refractivity contribution in [1.82, 2.24) is 4.57 Å². The Morgan fingerprint density at radius 2 is 1.06 bits per heavy atom. The number of aromatic nitrogens is 1. The molecule has 0 saturated carbocycles. The van der Waals surface area contributed by atoms with E-state index in [-0.39, 0.29) is 0 Å². The van der Waals surface area contributed by atoms with Crippen molar-refractivity contribution in [2.45, 2.75) is 27.3 Å². The molecule has 0 aliphatic rings. The van der Waals surface area contributed by atoms with Crippen molar-refractivity contribution in [1.29, 1.82) is 0 Å². The van der Waals surface area contributed by atoms with Crippen LogP contribution in [0.1, 0.15) is 18.1 Å². The highest BCUT2D eigenvalue weighted by atomic mass is 15.0. The van der Waals surface area contributed by atoms with Crippen LogP contribution in [-0.2, 0) is 6.54 Å². The molecule has 0 unspecified atom stereocenters. The average molecular weight is 465 g/mol. The van der Waals surface area contributed by atoms with E-state index in [1.165, 1.54) is 65.3 Å². The summed E-state index contributed by atoms with van der Waals surface area (Å²) in [5.74, 6) is 0. The lowest BCUT2D eigenvalue weighted by atomic mass is 9.93. The van der Waals surface area contributed by atoms with Crippen molar-refractivity contribution >= 4 is 65.5 Å². The van der Waals surface area contributed by atoms with Gasteiger partial charge in [-0.3, -0.25) is 0 Å². The molecule has 2 heteroatoms. The fourth-order valence-electron chi connectivity index (χ4n) is 6.13. The summed E-state index contributed by atoms with van der Waals surface area (Å²) in [7, 11) is 0. The second kappa shape index (κ2) is 7.86. The van der Waals surface area contributed by atoms with Crippen LogP contribution in [0.5, 0.6) is 0 Å². The zero-order valence-corrected chi connectivity index (χ0v) is 20.9. The van der Waals surface area contributed by atoms with E-state index in [0.717, 1.165) is 17.9 Å². The fraction of sp³-hybridized carbons (Fsp3) is 0.118. The largest absolute Gasteiger partial charge is 0.355 e. The Kier molecular flexibility index (Phi) is 4.59. The van der Waals surface area contributed by atoms with Crippen LogP contribution in [0.15, 0.2) is 97.1 Å². The van der Waals surface area contributed by atoms with Gasteiger partial charge in [-0.05, 0) is 107 Å². The van der Waals surface area contributed by atoms with Crippen LogP contribution in [-0.4, -0.2) is 4.57 Å². The summed E-state index contributed by atoms with van der Waals surface area (Å²) in [6.45, 7) is 7.47. The van der Waals surface area contributed by atoms with E-state index in [2.05, 4.69) is 128 Å². The van der Waals surface area contributed by atoms with E-state index in [1.807, 2.05) is 0 Å². The van der Waals surface area contributed by atoms with Gasteiger partial charge in [0.2, 0.25) is 0 Å². The Bertz CT molecular complexity index is 1950. The van der Waals surface area contributed by atoms with Crippen molar-refractivity contribution in [3.63, 3.8) is 0 Å². The lowest BCUT2D eigenvalue weighted by Gasteiger charge is -2.11. The molecule has 0 atom stereocenters. The second-order valence-corrected chi connectivity index (χ2v) is 9.98. The van der Waals surface area contributed by atoms with E-state index in [1.54, 1.807) is 0 Å². The Balaban J connectivity index is 1.54. The van der Waals surface area contributed by atoms with Crippen molar-refractivity contribution in [3.05, 3.63) is 108 Å². The summed E-state index contributed by atoms with van der Waals surface area (Å²) in [4.78, 5) is 0. The van der Waals surface area contributed by atoms with E-state index >= 15 is 0 Å². The maximum atomic E-state index is 3.65. The molecule has 0 radical (unpaired) electrons. The van der Waals surface area contributed by atoms with Crippen molar-refractivity contribution < 1.29 is 0 Å². The van der Waals surface area contributed by atoms with Crippen molar-refractivity contribution in [2.24, 2.45) is 0 Å². The van der Waals surface area contributed by atoms with Crippen LogP contribution in [0.4, 0.5) is 11.4 Å². The molecule has 7 rings (SSSR count). The van der Waals surface area contributed by atoms with Gasteiger partial charge >= 0.3 is 0 Å². The lowest BCUT2D eigenvalue weighted by molar-refractivity contribution is 0.827. The predicted octanol–water partition coefficient (Wildman–Crippen LogP) is 9.63. The lowest BCUT2D eigenvalue weighted by Crippen LogP contribution is -1.94. The highest BCUT2D eigenvalue weighted by Gasteiger charge is 2.15. The van der Waals surface area contributed by atoms with Crippen molar-refractivity contribution in [3.8, 4) is 0 Å². The van der Waals surface area contributed by atoms with Crippen LogP contribution < -0.4 is 5.32 Å². The van der Waals surface area contributed by atoms with Gasteiger partial charge in [0.25, 0.3) is 0 Å². The third kappa shape index (κ3) is 3.11. The number of rotatable bonds is 3. The number of hydrogen-bond acceptors (Lipinski definition) is 1. The first-order valence-electron chi connectivity index (χ1n) is 12.8. The van der Waals surface area contributed by atoms with Crippen LogP contribution in [0.3, 0.4) is 0 Å². The Morgan fingerprint density at radius 1 is 0.500 bits per heavy atom. The molecule has 1 aromatic heterocycles. The first-order chi connectivity index (χ1) is 17.6. The highest BCUT2D eigenvalue weighted by Crippen LogP contribution is 2.40. The zero-order chi connectivity index (χ0) is 24.4. The standard InChI is InChI=1S/C34H28N2/c1-4-36-33-14-13-23(35-24-16-21(2)15-22(3)17-24)18-31(33)32-19-29-27-11-7-5-9-25(27)26-10-6-8-12-28(26)30(29)20-34(32)36/h5-20,35H,4H2,1-3H3. The second-order valence-electron chi connectivity index (χ2n) is 9.98. The normalized spacial score (nSPS) is 11.9. The minimum Gasteiger partial charge on any atom is -0.355 e. The minimum atomic E-state index is 0.931. The molecule has 0 bridgehead atoms. The molecular formula is C34H28N2. The minimum absolute atomic E-state index is 0.931. The number of anilines is 2. The van der Waals surface area contributed by atoms with Crippen LogP contribution in [0.2, 0.25) is 0 Å². The number of nitrogens with zero attached hydrogens (tertiary/aromatic N) is 1. The Morgan fingerprint density at radius 3 is 1.67 bits per heavy atom. The molecule has 6 aromatic carbocycles. The Labute approximate surface area is 210 Å². The predicted molar refractivity (Wildman–Crippen MR) is 157 cm³/mol. The average Bonchev–Trinajstić information content (AvgIpc) is 3.19. The molecule has 0 saturated heterocycles. The van der Waals surface area contributed by atoms with Gasteiger partial charge in [-0.2, -0.15) is 0 Å². The summed E-state index contributed by atoms with van der Waals surface area (Å²) >= 11 is 0. The monoisotopic (exact) mass is 464 g/mol. The molecule has 2 nitrogen and oxygen atoms in total.